The summed E-state index contributed by atoms with van der Waals surface area (Å²) in [6.45, 7) is 7.26. The zero-order valence-corrected chi connectivity index (χ0v) is 20.1. The quantitative estimate of drug-likeness (QED) is 0.494. The number of hydrogen-bond donors (Lipinski definition) is 1. The number of benzene rings is 2. The van der Waals surface area contributed by atoms with Crippen LogP contribution in [0, 0.1) is 18.3 Å². The van der Waals surface area contributed by atoms with Gasteiger partial charge >= 0.3 is 0 Å². The summed E-state index contributed by atoms with van der Waals surface area (Å²) in [5, 5.41) is 16.9. The van der Waals surface area contributed by atoms with Crippen LogP contribution in [0.4, 0.5) is 0 Å². The van der Waals surface area contributed by atoms with Crippen molar-refractivity contribution in [2.45, 2.75) is 27.3 Å². The SMILES string of the molecule is Cc1ccccc1OCCn1cc(/C=C2\C(=N)N3N=C(C(C)C)SC3=NC2=O)c2ccccc21. The molecule has 2 aromatic carbocycles. The summed E-state index contributed by atoms with van der Waals surface area (Å²) in [5.41, 5.74) is 3.23. The van der Waals surface area contributed by atoms with E-state index in [-0.39, 0.29) is 17.3 Å². The molecule has 7 nitrogen and oxygen atoms in total. The first-order chi connectivity index (χ1) is 16.4. The number of carbonyl (C=O) groups is 1. The topological polar surface area (TPSA) is 83.0 Å². The maximum Gasteiger partial charge on any atom is 0.283 e. The number of hydrazone groups is 1. The largest absolute Gasteiger partial charge is 0.491 e. The molecule has 34 heavy (non-hydrogen) atoms. The number of hydrogen-bond acceptors (Lipinski definition) is 5. The van der Waals surface area contributed by atoms with Gasteiger partial charge in [-0.15, -0.1) is 0 Å². The van der Waals surface area contributed by atoms with Crippen LogP contribution >= 0.6 is 11.8 Å². The molecule has 0 spiro atoms. The van der Waals surface area contributed by atoms with Gasteiger partial charge in [0, 0.05) is 28.6 Å². The first kappa shape index (κ1) is 22.2. The fraction of sp³-hybridized carbons (Fsp3) is 0.231. The van der Waals surface area contributed by atoms with Gasteiger partial charge in [0.15, 0.2) is 5.84 Å². The Kier molecular flexibility index (Phi) is 5.83. The third kappa shape index (κ3) is 4.05. The fourth-order valence-electron chi connectivity index (χ4n) is 3.94. The Bertz CT molecular complexity index is 1400. The molecule has 1 N–H and O–H groups in total. The van der Waals surface area contributed by atoms with Crippen LogP contribution in [0.1, 0.15) is 25.0 Å². The van der Waals surface area contributed by atoms with Gasteiger partial charge in [0.05, 0.1) is 12.1 Å². The molecule has 3 aromatic rings. The lowest BCUT2D eigenvalue weighted by molar-refractivity contribution is -0.114. The van der Waals surface area contributed by atoms with Crippen LogP contribution < -0.4 is 4.74 Å². The molecule has 0 bridgehead atoms. The molecule has 2 aliphatic heterocycles. The van der Waals surface area contributed by atoms with Crippen molar-refractivity contribution in [2.24, 2.45) is 16.0 Å². The number of carbonyl (C=O) groups excluding carboxylic acids is 1. The van der Waals surface area contributed by atoms with E-state index >= 15 is 0 Å². The van der Waals surface area contributed by atoms with Gasteiger partial charge in [-0.1, -0.05) is 50.2 Å². The fourth-order valence-corrected chi connectivity index (χ4v) is 4.84. The molecule has 5 rings (SSSR count). The molecule has 0 fully saturated rings. The molecule has 0 atom stereocenters. The van der Waals surface area contributed by atoms with Crippen LogP contribution in [-0.2, 0) is 11.3 Å². The number of aliphatic imine (C=N–C) groups is 1. The van der Waals surface area contributed by atoms with E-state index in [9.17, 15) is 4.79 Å². The van der Waals surface area contributed by atoms with Crippen LogP contribution in [0.3, 0.4) is 0 Å². The van der Waals surface area contributed by atoms with E-state index in [2.05, 4.69) is 14.7 Å². The van der Waals surface area contributed by atoms with Gasteiger partial charge in [0.2, 0.25) is 5.17 Å². The third-order valence-electron chi connectivity index (χ3n) is 5.77. The van der Waals surface area contributed by atoms with Crippen molar-refractivity contribution in [3.05, 3.63) is 71.4 Å². The highest BCUT2D eigenvalue weighted by molar-refractivity contribution is 8.27. The summed E-state index contributed by atoms with van der Waals surface area (Å²) >= 11 is 1.35. The number of nitrogens with one attached hydrogen (secondary N) is 1. The summed E-state index contributed by atoms with van der Waals surface area (Å²) in [5.74, 6) is 0.719. The number of nitrogens with zero attached hydrogens (tertiary/aromatic N) is 4. The van der Waals surface area contributed by atoms with E-state index in [0.29, 0.717) is 18.3 Å². The number of amidine groups is 2. The lowest BCUT2D eigenvalue weighted by Crippen LogP contribution is -2.35. The van der Waals surface area contributed by atoms with Gasteiger partial charge in [0.1, 0.15) is 17.4 Å². The molecule has 0 aliphatic carbocycles. The Labute approximate surface area is 202 Å². The Morgan fingerprint density at radius 2 is 1.91 bits per heavy atom. The van der Waals surface area contributed by atoms with Gasteiger partial charge < -0.3 is 9.30 Å². The van der Waals surface area contributed by atoms with E-state index in [1.165, 1.54) is 16.8 Å². The van der Waals surface area contributed by atoms with Gasteiger partial charge in [-0.25, -0.2) is 0 Å². The van der Waals surface area contributed by atoms with E-state index in [0.717, 1.165) is 32.8 Å². The zero-order valence-electron chi connectivity index (χ0n) is 19.3. The summed E-state index contributed by atoms with van der Waals surface area (Å²) in [6.07, 6.45) is 3.75. The van der Waals surface area contributed by atoms with Gasteiger partial charge in [-0.05, 0) is 42.5 Å². The number of para-hydroxylation sites is 2. The van der Waals surface area contributed by atoms with Crippen LogP contribution in [-0.4, -0.2) is 38.1 Å². The van der Waals surface area contributed by atoms with Crippen LogP contribution in [0.5, 0.6) is 5.75 Å². The van der Waals surface area contributed by atoms with Crippen molar-refractivity contribution < 1.29 is 9.53 Å². The predicted octanol–water partition coefficient (Wildman–Crippen LogP) is 5.30. The van der Waals surface area contributed by atoms with Crippen molar-refractivity contribution in [3.63, 3.8) is 0 Å². The molecular formula is C26H25N5O2S. The monoisotopic (exact) mass is 471 g/mol. The van der Waals surface area contributed by atoms with Crippen molar-refractivity contribution in [2.75, 3.05) is 6.61 Å². The number of rotatable bonds is 6. The molecule has 0 radical (unpaired) electrons. The highest BCUT2D eigenvalue weighted by Crippen LogP contribution is 2.32. The Hall–Kier alpha value is -3.65. The molecule has 1 aromatic heterocycles. The van der Waals surface area contributed by atoms with Gasteiger partial charge in [0.25, 0.3) is 5.91 Å². The Balaban J connectivity index is 1.44. The van der Waals surface area contributed by atoms with E-state index in [1.807, 2.05) is 75.5 Å². The second-order valence-electron chi connectivity index (χ2n) is 8.52. The van der Waals surface area contributed by atoms with E-state index < -0.39 is 5.91 Å². The highest BCUT2D eigenvalue weighted by atomic mass is 32.2. The molecule has 0 saturated heterocycles. The predicted molar refractivity (Wildman–Crippen MR) is 138 cm³/mol. The maximum absolute atomic E-state index is 12.8. The molecule has 2 aliphatic rings. The summed E-state index contributed by atoms with van der Waals surface area (Å²) in [6, 6.07) is 16.0. The van der Waals surface area contributed by atoms with Gasteiger partial charge in [-0.3, -0.25) is 10.2 Å². The zero-order chi connectivity index (χ0) is 23.8. The smallest absolute Gasteiger partial charge is 0.283 e. The average Bonchev–Trinajstić information content (AvgIpc) is 3.40. The van der Waals surface area contributed by atoms with Crippen LogP contribution in [0.25, 0.3) is 17.0 Å². The van der Waals surface area contributed by atoms with Crippen LogP contribution in [0.15, 0.2) is 70.4 Å². The van der Waals surface area contributed by atoms with E-state index in [4.69, 9.17) is 10.1 Å². The molecule has 0 unspecified atom stereocenters. The lowest BCUT2D eigenvalue weighted by atomic mass is 10.1. The normalized spacial score (nSPS) is 16.9. The number of fused-ring (bicyclic) bond motifs is 2. The van der Waals surface area contributed by atoms with Crippen LogP contribution in [0.2, 0.25) is 0 Å². The number of ether oxygens (including phenoxy) is 1. The first-order valence-electron chi connectivity index (χ1n) is 11.2. The molecule has 172 valence electrons. The first-order valence-corrected chi connectivity index (χ1v) is 12.0. The van der Waals surface area contributed by atoms with E-state index in [1.54, 1.807) is 6.08 Å². The number of amides is 1. The van der Waals surface area contributed by atoms with Crippen molar-refractivity contribution in [1.82, 2.24) is 9.58 Å². The maximum atomic E-state index is 12.8. The average molecular weight is 472 g/mol. The minimum atomic E-state index is -0.413. The number of aryl methyl sites for hydroxylation is 1. The summed E-state index contributed by atoms with van der Waals surface area (Å²) < 4.78 is 8.11. The lowest BCUT2D eigenvalue weighted by Gasteiger charge is -2.20. The minimum Gasteiger partial charge on any atom is -0.491 e. The van der Waals surface area contributed by atoms with Crippen molar-refractivity contribution in [3.8, 4) is 5.75 Å². The molecule has 1 amide bonds. The molecule has 3 heterocycles. The molecular weight excluding hydrogens is 446 g/mol. The Morgan fingerprint density at radius 1 is 1.15 bits per heavy atom. The standard InChI is InChI=1S/C26H25N5O2S/c1-16(2)25-29-31-23(27)20(24(32)28-26(31)34-25)14-18-15-30(21-10-6-5-9-19(18)21)12-13-33-22-11-7-4-8-17(22)3/h4-11,14-16,27H,12-13H2,1-3H3/b20-14+,27-23?. The summed E-state index contributed by atoms with van der Waals surface area (Å²) in [7, 11) is 0. The second-order valence-corrected chi connectivity index (χ2v) is 9.51. The van der Waals surface area contributed by atoms with Gasteiger partial charge in [-0.2, -0.15) is 15.1 Å². The third-order valence-corrected chi connectivity index (χ3v) is 6.98. The Morgan fingerprint density at radius 3 is 2.71 bits per heavy atom. The highest BCUT2D eigenvalue weighted by Gasteiger charge is 2.36. The minimum absolute atomic E-state index is 0.0536. The van der Waals surface area contributed by atoms with Crippen molar-refractivity contribution >= 4 is 50.7 Å². The second kappa shape index (κ2) is 8.95. The molecule has 0 saturated carbocycles. The molecule has 8 heteroatoms. The van der Waals surface area contributed by atoms with Crippen molar-refractivity contribution in [1.29, 1.82) is 5.41 Å². The number of thioether (sulfide) groups is 1. The summed E-state index contributed by atoms with van der Waals surface area (Å²) in [4.78, 5) is 17.0. The number of aromatic nitrogens is 1.